The highest BCUT2D eigenvalue weighted by atomic mass is 16.6. The summed E-state index contributed by atoms with van der Waals surface area (Å²) in [6.07, 6.45) is 6.29. The molecule has 2 aromatic heterocycles. The van der Waals surface area contributed by atoms with Gasteiger partial charge in [0.1, 0.15) is 11.3 Å². The molecule has 1 aliphatic carbocycles. The first-order valence-corrected chi connectivity index (χ1v) is 16.7. The fraction of sp³-hybridized carbons (Fsp3) is 0.405. The van der Waals surface area contributed by atoms with E-state index in [2.05, 4.69) is 16.0 Å². The van der Waals surface area contributed by atoms with Gasteiger partial charge in [0.15, 0.2) is 5.82 Å². The van der Waals surface area contributed by atoms with Crippen LogP contribution in [-0.2, 0) is 50.7 Å². The summed E-state index contributed by atoms with van der Waals surface area (Å²) in [4.78, 5) is 47.9. The molecular weight excluding hydrogens is 608 g/mol. The number of amides is 2. The highest BCUT2D eigenvalue weighted by molar-refractivity contribution is 6.07. The molecule has 0 radical (unpaired) electrons. The minimum absolute atomic E-state index is 0.0695. The number of carbonyl (C=O) groups excluding carboxylic acids is 2. The van der Waals surface area contributed by atoms with Crippen molar-refractivity contribution in [1.82, 2.24) is 19.0 Å². The maximum absolute atomic E-state index is 13.8. The predicted molar refractivity (Wildman–Crippen MR) is 184 cm³/mol. The third-order valence-corrected chi connectivity index (χ3v) is 9.50. The monoisotopic (exact) mass is 650 g/mol. The zero-order valence-electron chi connectivity index (χ0n) is 28.0. The van der Waals surface area contributed by atoms with Crippen LogP contribution in [0.3, 0.4) is 0 Å². The Bertz CT molecular complexity index is 1990. The van der Waals surface area contributed by atoms with E-state index >= 15 is 0 Å². The number of ether oxygens (including phenoxy) is 1. The molecule has 0 saturated heterocycles. The number of rotatable bonds is 5. The molecular formula is C37H42N6O5. The smallest absolute Gasteiger partial charge is 0.410 e. The van der Waals surface area contributed by atoms with E-state index in [-0.39, 0.29) is 30.0 Å². The van der Waals surface area contributed by atoms with Gasteiger partial charge in [0, 0.05) is 61.9 Å². The maximum atomic E-state index is 13.8. The summed E-state index contributed by atoms with van der Waals surface area (Å²) in [7, 11) is 1.67. The van der Waals surface area contributed by atoms with Crippen LogP contribution in [0.5, 0.6) is 0 Å². The van der Waals surface area contributed by atoms with Gasteiger partial charge in [-0.1, -0.05) is 18.2 Å². The second kappa shape index (κ2) is 12.3. The fourth-order valence-electron chi connectivity index (χ4n) is 7.17. The Kier molecular flexibility index (Phi) is 8.11. The molecule has 2 N–H and O–H groups in total. The molecule has 3 aliphatic rings. The van der Waals surface area contributed by atoms with E-state index in [1.807, 2.05) is 57.2 Å². The number of aliphatic hydroxyl groups is 1. The number of benzene rings is 2. The summed E-state index contributed by atoms with van der Waals surface area (Å²) in [6.45, 7) is 7.47. The van der Waals surface area contributed by atoms with E-state index < -0.39 is 5.60 Å². The van der Waals surface area contributed by atoms with Gasteiger partial charge in [-0.05, 0) is 93.8 Å². The largest absolute Gasteiger partial charge is 0.444 e. The van der Waals surface area contributed by atoms with Crippen LogP contribution in [0.15, 0.2) is 53.5 Å². The number of hydrogen-bond donors (Lipinski definition) is 2. The van der Waals surface area contributed by atoms with Gasteiger partial charge < -0.3 is 34.1 Å². The number of aliphatic hydroxyl groups excluding tert-OH is 1. The van der Waals surface area contributed by atoms with Gasteiger partial charge in [-0.25, -0.2) is 9.78 Å². The molecule has 48 heavy (non-hydrogen) atoms. The zero-order chi connectivity index (χ0) is 33.7. The van der Waals surface area contributed by atoms with Crippen molar-refractivity contribution in [3.05, 3.63) is 92.7 Å². The molecule has 2 amide bonds. The number of fused-ring (bicyclic) bond motifs is 4. The van der Waals surface area contributed by atoms with Gasteiger partial charge in [-0.2, -0.15) is 0 Å². The molecule has 4 aromatic rings. The first kappa shape index (κ1) is 31.7. The van der Waals surface area contributed by atoms with Gasteiger partial charge in [-0.3, -0.25) is 9.59 Å². The SMILES string of the molecule is Cn1cc(-c2cccc(N3CCn4c(cc5c4CCCC5)C3=O)c2CO)nc(Nc2ccc3c(c2)CCN(C(=O)OC(C)(C)C)C3)c1=O. The Morgan fingerprint density at radius 3 is 2.58 bits per heavy atom. The van der Waals surface area contributed by atoms with Crippen LogP contribution in [-0.4, -0.2) is 54.8 Å². The number of nitrogens with one attached hydrogen (secondary N) is 1. The standard InChI is InChI=1S/C37H42N6O5/c1-37(2,3)48-36(47)41-15-14-23-18-26(13-12-25(23)20-41)38-33-35(46)40(4)21-29(39-33)27-9-7-11-31(28(27)22-44)43-17-16-42-30-10-6-5-8-24(30)19-32(42)34(43)45/h7,9,11-13,18-19,21,44H,5-6,8,10,14-17,20,22H2,1-4H3,(H,38,39). The topological polar surface area (TPSA) is 122 Å². The molecule has 0 fully saturated rings. The van der Waals surface area contributed by atoms with Crippen molar-refractivity contribution in [2.75, 3.05) is 23.3 Å². The molecule has 0 unspecified atom stereocenters. The number of hydrogen-bond acceptors (Lipinski definition) is 7. The van der Waals surface area contributed by atoms with Crippen LogP contribution >= 0.6 is 0 Å². The lowest BCUT2D eigenvalue weighted by atomic mass is 9.98. The Morgan fingerprint density at radius 2 is 1.79 bits per heavy atom. The van der Waals surface area contributed by atoms with E-state index in [9.17, 15) is 19.5 Å². The van der Waals surface area contributed by atoms with Crippen LogP contribution < -0.4 is 15.8 Å². The normalized spacial score (nSPS) is 15.9. The highest BCUT2D eigenvalue weighted by Crippen LogP contribution is 2.35. The van der Waals surface area contributed by atoms with Crippen molar-refractivity contribution in [3.8, 4) is 11.3 Å². The molecule has 0 bridgehead atoms. The fourth-order valence-corrected chi connectivity index (χ4v) is 7.17. The number of nitrogens with zero attached hydrogens (tertiary/aromatic N) is 5. The zero-order valence-corrected chi connectivity index (χ0v) is 28.0. The van der Waals surface area contributed by atoms with E-state index in [1.165, 1.54) is 15.8 Å². The number of aromatic nitrogens is 3. The van der Waals surface area contributed by atoms with Crippen molar-refractivity contribution < 1.29 is 19.4 Å². The lowest BCUT2D eigenvalue weighted by Gasteiger charge is -2.31. The Hall–Kier alpha value is -4.90. The van der Waals surface area contributed by atoms with Crippen molar-refractivity contribution in [2.24, 2.45) is 7.05 Å². The molecule has 250 valence electrons. The van der Waals surface area contributed by atoms with Gasteiger partial charge >= 0.3 is 6.09 Å². The van der Waals surface area contributed by atoms with Crippen molar-refractivity contribution in [3.63, 3.8) is 0 Å². The minimum Gasteiger partial charge on any atom is -0.444 e. The lowest BCUT2D eigenvalue weighted by molar-refractivity contribution is 0.0224. The molecule has 7 rings (SSSR count). The molecule has 11 heteroatoms. The highest BCUT2D eigenvalue weighted by Gasteiger charge is 2.32. The van der Waals surface area contributed by atoms with E-state index in [0.717, 1.165) is 36.8 Å². The summed E-state index contributed by atoms with van der Waals surface area (Å²) >= 11 is 0. The van der Waals surface area contributed by atoms with E-state index in [0.29, 0.717) is 66.5 Å². The van der Waals surface area contributed by atoms with Crippen LogP contribution in [0.25, 0.3) is 11.3 Å². The van der Waals surface area contributed by atoms with Crippen LogP contribution in [0.2, 0.25) is 0 Å². The van der Waals surface area contributed by atoms with Crippen LogP contribution in [0.1, 0.15) is 72.0 Å². The number of carbonyl (C=O) groups is 2. The number of anilines is 3. The minimum atomic E-state index is -0.560. The van der Waals surface area contributed by atoms with Gasteiger partial charge in [-0.15, -0.1) is 0 Å². The quantitative estimate of drug-likeness (QED) is 0.300. The molecule has 2 aromatic carbocycles. The maximum Gasteiger partial charge on any atom is 0.410 e. The third-order valence-electron chi connectivity index (χ3n) is 9.50. The first-order valence-electron chi connectivity index (χ1n) is 16.7. The Morgan fingerprint density at radius 1 is 0.979 bits per heavy atom. The molecule has 4 heterocycles. The van der Waals surface area contributed by atoms with Crippen LogP contribution in [0, 0.1) is 0 Å². The summed E-state index contributed by atoms with van der Waals surface area (Å²) in [5, 5.41) is 13.9. The summed E-state index contributed by atoms with van der Waals surface area (Å²) < 4.78 is 9.21. The van der Waals surface area contributed by atoms with E-state index in [1.54, 1.807) is 23.0 Å². The first-order chi connectivity index (χ1) is 23.0. The molecule has 0 spiro atoms. The summed E-state index contributed by atoms with van der Waals surface area (Å²) in [6, 6.07) is 13.5. The van der Waals surface area contributed by atoms with Crippen molar-refractivity contribution in [1.29, 1.82) is 0 Å². The Balaban J connectivity index is 1.16. The average Bonchev–Trinajstić information content (AvgIpc) is 3.45. The van der Waals surface area contributed by atoms with Crippen molar-refractivity contribution in [2.45, 2.75) is 78.2 Å². The van der Waals surface area contributed by atoms with E-state index in [4.69, 9.17) is 9.72 Å². The number of aryl methyl sites for hydroxylation is 2. The summed E-state index contributed by atoms with van der Waals surface area (Å²) in [5.74, 6) is 0.0767. The third kappa shape index (κ3) is 5.87. The second-order valence-electron chi connectivity index (χ2n) is 13.9. The molecule has 11 nitrogen and oxygen atoms in total. The van der Waals surface area contributed by atoms with Gasteiger partial charge in [0.05, 0.1) is 18.0 Å². The van der Waals surface area contributed by atoms with Gasteiger partial charge in [0.2, 0.25) is 0 Å². The second-order valence-corrected chi connectivity index (χ2v) is 13.9. The van der Waals surface area contributed by atoms with Crippen molar-refractivity contribution >= 4 is 29.2 Å². The average molecular weight is 651 g/mol. The van der Waals surface area contributed by atoms with Gasteiger partial charge in [0.25, 0.3) is 11.5 Å². The summed E-state index contributed by atoms with van der Waals surface area (Å²) in [5.41, 5.74) is 7.60. The van der Waals surface area contributed by atoms with Crippen LogP contribution in [0.4, 0.5) is 22.0 Å². The molecule has 0 atom stereocenters. The lowest BCUT2D eigenvalue weighted by Crippen LogP contribution is -2.41. The Labute approximate surface area is 279 Å². The predicted octanol–water partition coefficient (Wildman–Crippen LogP) is 5.32. The molecule has 0 saturated carbocycles. The molecule has 2 aliphatic heterocycles.